The van der Waals surface area contributed by atoms with Crippen LogP contribution >= 0.6 is 0 Å². The molecule has 0 aromatic carbocycles. The minimum atomic E-state index is 0.784. The van der Waals surface area contributed by atoms with Crippen molar-refractivity contribution in [3.8, 4) is 0 Å². The van der Waals surface area contributed by atoms with E-state index in [1.165, 1.54) is 71.0 Å². The van der Waals surface area contributed by atoms with Crippen LogP contribution in [0.15, 0.2) is 0 Å². The lowest BCUT2D eigenvalue weighted by Crippen LogP contribution is -2.53. The van der Waals surface area contributed by atoms with Crippen LogP contribution in [0.5, 0.6) is 0 Å². The highest BCUT2D eigenvalue weighted by atomic mass is 15.2. The summed E-state index contributed by atoms with van der Waals surface area (Å²) in [6, 6.07) is 1.63. The first-order chi connectivity index (χ1) is 7.92. The second-order valence-corrected chi connectivity index (χ2v) is 5.51. The van der Waals surface area contributed by atoms with E-state index in [9.17, 15) is 0 Å². The molecule has 1 heterocycles. The van der Waals surface area contributed by atoms with Crippen molar-refractivity contribution >= 4 is 0 Å². The molecule has 0 amide bonds. The summed E-state index contributed by atoms with van der Waals surface area (Å²) in [7, 11) is 0. The van der Waals surface area contributed by atoms with Gasteiger partial charge >= 0.3 is 0 Å². The Kier molecular flexibility index (Phi) is 5.11. The molecule has 2 unspecified atom stereocenters. The van der Waals surface area contributed by atoms with Crippen molar-refractivity contribution in [2.75, 3.05) is 19.6 Å². The summed E-state index contributed by atoms with van der Waals surface area (Å²) in [4.78, 5) is 2.77. The fourth-order valence-electron chi connectivity index (χ4n) is 3.37. The van der Waals surface area contributed by atoms with E-state index in [-0.39, 0.29) is 0 Å². The van der Waals surface area contributed by atoms with E-state index in [1.807, 2.05) is 0 Å². The van der Waals surface area contributed by atoms with Gasteiger partial charge in [-0.25, -0.2) is 0 Å². The Balaban J connectivity index is 1.86. The van der Waals surface area contributed by atoms with E-state index in [4.69, 9.17) is 0 Å². The first kappa shape index (κ1) is 12.4. The van der Waals surface area contributed by atoms with E-state index in [0.29, 0.717) is 0 Å². The van der Waals surface area contributed by atoms with Crippen molar-refractivity contribution < 1.29 is 0 Å². The van der Waals surface area contributed by atoms with E-state index >= 15 is 0 Å². The number of hydrogen-bond acceptors (Lipinski definition) is 2. The zero-order chi connectivity index (χ0) is 11.2. The average molecular weight is 224 g/mol. The number of hydrogen-bond donors (Lipinski definition) is 1. The summed E-state index contributed by atoms with van der Waals surface area (Å²) in [6.07, 6.45) is 11.3. The molecule has 0 radical (unpaired) electrons. The summed E-state index contributed by atoms with van der Waals surface area (Å²) in [5, 5.41) is 3.78. The average Bonchev–Trinajstić information content (AvgIpc) is 2.38. The maximum atomic E-state index is 3.78. The summed E-state index contributed by atoms with van der Waals surface area (Å²) in [6.45, 7) is 6.19. The standard InChI is InChI=1S/C14H28N2/c1-2-10-15-13-8-4-5-9-14(13)16-11-6-3-7-12-16/h13-15H,2-12H2,1H3. The molecule has 2 rings (SSSR count). The summed E-state index contributed by atoms with van der Waals surface area (Å²) in [5.41, 5.74) is 0. The highest BCUT2D eigenvalue weighted by Gasteiger charge is 2.29. The van der Waals surface area contributed by atoms with Crippen LogP contribution in [0.1, 0.15) is 58.3 Å². The topological polar surface area (TPSA) is 15.3 Å². The van der Waals surface area contributed by atoms with Crippen LogP contribution in [0.3, 0.4) is 0 Å². The molecule has 2 atom stereocenters. The maximum absolute atomic E-state index is 3.78. The van der Waals surface area contributed by atoms with Gasteiger partial charge in [0.25, 0.3) is 0 Å². The Bertz CT molecular complexity index is 187. The van der Waals surface area contributed by atoms with Crippen molar-refractivity contribution in [3.63, 3.8) is 0 Å². The van der Waals surface area contributed by atoms with E-state index in [0.717, 1.165) is 12.1 Å². The minimum absolute atomic E-state index is 0.784. The van der Waals surface area contributed by atoms with Crippen molar-refractivity contribution in [1.82, 2.24) is 10.2 Å². The lowest BCUT2D eigenvalue weighted by atomic mass is 9.88. The smallest absolute Gasteiger partial charge is 0.0249 e. The third-order valence-electron chi connectivity index (χ3n) is 4.25. The quantitative estimate of drug-likeness (QED) is 0.790. The summed E-state index contributed by atoms with van der Waals surface area (Å²) >= 11 is 0. The highest BCUT2D eigenvalue weighted by molar-refractivity contribution is 4.89. The molecule has 2 nitrogen and oxygen atoms in total. The fraction of sp³-hybridized carbons (Fsp3) is 1.00. The lowest BCUT2D eigenvalue weighted by molar-refractivity contribution is 0.101. The lowest BCUT2D eigenvalue weighted by Gasteiger charge is -2.42. The van der Waals surface area contributed by atoms with Gasteiger partial charge in [0.05, 0.1) is 0 Å². The Morgan fingerprint density at radius 1 is 1.00 bits per heavy atom. The minimum Gasteiger partial charge on any atom is -0.312 e. The summed E-state index contributed by atoms with van der Waals surface area (Å²) < 4.78 is 0. The largest absolute Gasteiger partial charge is 0.312 e. The molecule has 1 saturated heterocycles. The van der Waals surface area contributed by atoms with Crippen molar-refractivity contribution in [1.29, 1.82) is 0 Å². The van der Waals surface area contributed by atoms with Gasteiger partial charge in [-0.3, -0.25) is 4.90 Å². The molecule has 2 heteroatoms. The third-order valence-corrected chi connectivity index (χ3v) is 4.25. The van der Waals surface area contributed by atoms with Gasteiger partial charge < -0.3 is 5.32 Å². The second kappa shape index (κ2) is 6.61. The van der Waals surface area contributed by atoms with Gasteiger partial charge in [0.2, 0.25) is 0 Å². The van der Waals surface area contributed by atoms with Gasteiger partial charge in [-0.15, -0.1) is 0 Å². The van der Waals surface area contributed by atoms with Crippen molar-refractivity contribution in [3.05, 3.63) is 0 Å². The number of likely N-dealkylation sites (tertiary alicyclic amines) is 1. The first-order valence-corrected chi connectivity index (χ1v) is 7.39. The van der Waals surface area contributed by atoms with Gasteiger partial charge in [-0.05, 0) is 51.7 Å². The second-order valence-electron chi connectivity index (χ2n) is 5.51. The molecule has 2 aliphatic rings. The van der Waals surface area contributed by atoms with Crippen LogP contribution in [0.25, 0.3) is 0 Å². The molecule has 1 aliphatic heterocycles. The molecule has 0 aromatic heterocycles. The Labute approximate surface area is 101 Å². The Morgan fingerprint density at radius 3 is 2.50 bits per heavy atom. The predicted molar refractivity (Wildman–Crippen MR) is 69.8 cm³/mol. The van der Waals surface area contributed by atoms with Crippen LogP contribution in [0, 0.1) is 0 Å². The molecule has 1 saturated carbocycles. The Hall–Kier alpha value is -0.0800. The van der Waals surface area contributed by atoms with Gasteiger partial charge in [-0.1, -0.05) is 26.2 Å². The monoisotopic (exact) mass is 224 g/mol. The molecular formula is C14H28N2. The number of rotatable bonds is 4. The number of nitrogens with one attached hydrogen (secondary N) is 1. The molecule has 0 aromatic rings. The van der Waals surface area contributed by atoms with Crippen molar-refractivity contribution in [2.24, 2.45) is 0 Å². The zero-order valence-electron chi connectivity index (χ0n) is 10.9. The van der Waals surface area contributed by atoms with Crippen LogP contribution in [-0.4, -0.2) is 36.6 Å². The highest BCUT2D eigenvalue weighted by Crippen LogP contribution is 2.25. The van der Waals surface area contributed by atoms with E-state index < -0.39 is 0 Å². The molecule has 0 spiro atoms. The number of nitrogens with zero attached hydrogens (tertiary/aromatic N) is 1. The van der Waals surface area contributed by atoms with Crippen molar-refractivity contribution in [2.45, 2.75) is 70.4 Å². The van der Waals surface area contributed by atoms with Gasteiger partial charge in [0, 0.05) is 12.1 Å². The van der Waals surface area contributed by atoms with Crippen LogP contribution in [0.2, 0.25) is 0 Å². The molecular weight excluding hydrogens is 196 g/mol. The molecule has 2 fully saturated rings. The molecule has 1 N–H and O–H groups in total. The van der Waals surface area contributed by atoms with Gasteiger partial charge in [0.1, 0.15) is 0 Å². The first-order valence-electron chi connectivity index (χ1n) is 7.39. The zero-order valence-corrected chi connectivity index (χ0v) is 10.9. The summed E-state index contributed by atoms with van der Waals surface area (Å²) in [5.74, 6) is 0. The fourth-order valence-corrected chi connectivity index (χ4v) is 3.37. The number of piperidine rings is 1. The van der Waals surface area contributed by atoms with Crippen LogP contribution in [0.4, 0.5) is 0 Å². The van der Waals surface area contributed by atoms with E-state index in [1.54, 1.807) is 0 Å². The molecule has 0 bridgehead atoms. The normalized spacial score (nSPS) is 32.8. The third kappa shape index (κ3) is 3.21. The van der Waals surface area contributed by atoms with Crippen LogP contribution < -0.4 is 5.32 Å². The Morgan fingerprint density at radius 2 is 1.75 bits per heavy atom. The molecule has 16 heavy (non-hydrogen) atoms. The van der Waals surface area contributed by atoms with Crippen LogP contribution in [-0.2, 0) is 0 Å². The maximum Gasteiger partial charge on any atom is 0.0249 e. The SMILES string of the molecule is CCCNC1CCCCC1N1CCCCC1. The predicted octanol–water partition coefficient (Wildman–Crippen LogP) is 2.78. The van der Waals surface area contributed by atoms with E-state index in [2.05, 4.69) is 17.1 Å². The van der Waals surface area contributed by atoms with Gasteiger partial charge in [0.15, 0.2) is 0 Å². The molecule has 1 aliphatic carbocycles. The molecule has 94 valence electrons. The van der Waals surface area contributed by atoms with Gasteiger partial charge in [-0.2, -0.15) is 0 Å².